The number of amides is 1. The molecule has 1 amide bonds. The Balaban J connectivity index is 3.00. The summed E-state index contributed by atoms with van der Waals surface area (Å²) in [5, 5.41) is 0. The summed E-state index contributed by atoms with van der Waals surface area (Å²) < 4.78 is 6.30. The molecule has 0 unspecified atom stereocenters. The van der Waals surface area contributed by atoms with Crippen molar-refractivity contribution < 1.29 is 6.21 Å². The molecular formula is C3H7NOS. The minimum absolute atomic E-state index is 0.243. The van der Waals surface area contributed by atoms with E-state index in [1.165, 1.54) is 11.8 Å². The molecule has 0 saturated heterocycles. The highest BCUT2D eigenvalue weighted by atomic mass is 32.2. The zero-order chi connectivity index (χ0) is 5.70. The molecule has 0 atom stereocenters. The molecule has 6 heavy (non-hydrogen) atoms. The van der Waals surface area contributed by atoms with Gasteiger partial charge in [0.05, 0.1) is 5.75 Å². The van der Waals surface area contributed by atoms with Crippen LogP contribution < -0.4 is 5.73 Å². The monoisotopic (exact) mass is 107 g/mol. The molecule has 0 fully saturated rings. The zero-order valence-corrected chi connectivity index (χ0v) is 4.34. The Morgan fingerprint density at radius 1 is 2.33 bits per heavy atom. The highest BCUT2D eigenvalue weighted by molar-refractivity contribution is 7.99. The summed E-state index contributed by atoms with van der Waals surface area (Å²) in [5.74, 6) is 0.135. The van der Waals surface area contributed by atoms with Crippen molar-refractivity contribution >= 4 is 17.7 Å². The van der Waals surface area contributed by atoms with Crippen molar-refractivity contribution in [3.05, 3.63) is 0 Å². The molecule has 0 heterocycles. The lowest BCUT2D eigenvalue weighted by Crippen LogP contribution is -2.12. The highest BCUT2D eigenvalue weighted by Crippen LogP contribution is 1.85. The third kappa shape index (κ3) is 3.82. The molecule has 0 aromatic rings. The standard InChI is InChI=1S/C3H7NOS/c1-6-2-3(4)5/h2H2,1H3,(H2,4,5)/i/hT. The maximum Gasteiger partial charge on any atom is 0.227 e. The van der Waals surface area contributed by atoms with Crippen molar-refractivity contribution in [1.29, 1.82) is 0 Å². The molecule has 36 valence electrons. The topological polar surface area (TPSA) is 43.1 Å². The van der Waals surface area contributed by atoms with E-state index in [1.54, 1.807) is 5.73 Å². The Kier molecular flexibility index (Phi) is 2.01. The molecule has 2 N–H and O–H groups in total. The van der Waals surface area contributed by atoms with Crippen LogP contribution in [0.25, 0.3) is 0 Å². The first kappa shape index (κ1) is 3.99. The second-order valence-corrected chi connectivity index (χ2v) is 1.72. The molecule has 0 radical (unpaired) electrons. The van der Waals surface area contributed by atoms with Gasteiger partial charge >= 0.3 is 0 Å². The first-order valence-electron chi connectivity index (χ1n) is 2.00. The average molecular weight is 107 g/mol. The van der Waals surface area contributed by atoms with Gasteiger partial charge < -0.3 is 5.73 Å². The highest BCUT2D eigenvalue weighted by Gasteiger charge is 1.84. The van der Waals surface area contributed by atoms with E-state index in [4.69, 9.17) is 1.41 Å². The quantitative estimate of drug-likeness (QED) is 0.532. The molecule has 0 spiro atoms. The van der Waals surface area contributed by atoms with Crippen LogP contribution in [0.1, 0.15) is 0 Å². The van der Waals surface area contributed by atoms with Gasteiger partial charge in [0.1, 0.15) is 0 Å². The summed E-state index contributed by atoms with van der Waals surface area (Å²) in [7, 11) is 0. The van der Waals surface area contributed by atoms with Gasteiger partial charge in [-0.05, 0) is 6.26 Å². The largest absolute Gasteiger partial charge is 0.369 e. The van der Waals surface area contributed by atoms with Crippen LogP contribution in [0.5, 0.6) is 0 Å². The Hall–Kier alpha value is -0.180. The van der Waals surface area contributed by atoms with E-state index in [0.717, 1.165) is 0 Å². The number of hydrogen-bond acceptors (Lipinski definition) is 2. The smallest absolute Gasteiger partial charge is 0.227 e. The van der Waals surface area contributed by atoms with E-state index in [-0.39, 0.29) is 5.91 Å². The average Bonchev–Trinajstić information content (AvgIpc) is 1.68. The number of primary amides is 1. The second kappa shape index (κ2) is 3.03. The van der Waals surface area contributed by atoms with Gasteiger partial charge in [-0.3, -0.25) is 4.79 Å². The van der Waals surface area contributed by atoms with Gasteiger partial charge in [0.2, 0.25) is 5.91 Å². The third-order valence-electron chi connectivity index (χ3n) is 0.275. The first-order chi connectivity index (χ1) is 3.31. The summed E-state index contributed by atoms with van der Waals surface area (Å²) in [4.78, 5) is 10.1. The number of thioether (sulfide) groups is 1. The summed E-state index contributed by atoms with van der Waals surface area (Å²) in [6.45, 7) is 0. The maximum atomic E-state index is 10.1. The van der Waals surface area contributed by atoms with E-state index in [9.17, 15) is 4.79 Å². The predicted octanol–water partition coefficient (Wildman–Crippen LogP) is -0.165. The Morgan fingerprint density at radius 3 is 3.17 bits per heavy atom. The number of nitrogens with two attached hydrogens (primary N) is 1. The normalized spacial score (nSPS) is 9.83. The van der Waals surface area contributed by atoms with Crippen molar-refractivity contribution in [3.63, 3.8) is 0 Å². The molecule has 0 aromatic heterocycles. The fraction of sp³-hybridized carbons (Fsp3) is 0.667. The molecule has 2 nitrogen and oxygen atoms in total. The SMILES string of the molecule is [3H]NC(=O)CSC. The van der Waals surface area contributed by atoms with Crippen molar-refractivity contribution in [1.82, 2.24) is 0 Å². The zero-order valence-electron chi connectivity index (χ0n) is 4.52. The molecular weight excluding hydrogens is 98.1 g/mol. The number of carbonyl (C=O) groups is 1. The number of hydrogen-bond donors (Lipinski definition) is 1. The summed E-state index contributed by atoms with van der Waals surface area (Å²) in [6.07, 6.45) is 1.81. The second-order valence-electron chi connectivity index (χ2n) is 0.856. The molecule has 0 saturated carbocycles. The van der Waals surface area contributed by atoms with Gasteiger partial charge in [-0.15, -0.1) is 0 Å². The number of carbonyl (C=O) groups excluding carboxylic acids is 1. The molecule has 0 bridgehead atoms. The summed E-state index contributed by atoms with van der Waals surface area (Å²) in [5.41, 5.74) is 1.76. The van der Waals surface area contributed by atoms with Crippen LogP contribution in [-0.4, -0.2) is 17.9 Å². The minimum atomic E-state index is -0.243. The van der Waals surface area contributed by atoms with Crippen molar-refractivity contribution in [2.45, 2.75) is 0 Å². The first-order valence-corrected chi connectivity index (χ1v) is 2.90. The van der Waals surface area contributed by atoms with Gasteiger partial charge in [0, 0.05) is 0 Å². The van der Waals surface area contributed by atoms with E-state index in [2.05, 4.69) is 0 Å². The molecule has 0 aliphatic heterocycles. The lowest BCUT2D eigenvalue weighted by molar-refractivity contribution is -0.115. The van der Waals surface area contributed by atoms with E-state index in [0.29, 0.717) is 5.75 Å². The summed E-state index contributed by atoms with van der Waals surface area (Å²) >= 11 is 1.40. The van der Waals surface area contributed by atoms with Crippen molar-refractivity contribution in [2.75, 3.05) is 12.0 Å². The number of rotatable bonds is 2. The molecule has 0 aliphatic carbocycles. The van der Waals surface area contributed by atoms with E-state index < -0.39 is 0 Å². The lowest BCUT2D eigenvalue weighted by atomic mass is 10.8. The molecule has 3 heteroatoms. The van der Waals surface area contributed by atoms with E-state index >= 15 is 0 Å². The fourth-order valence-corrected chi connectivity index (χ4v) is 0.393. The Labute approximate surface area is 42.6 Å². The van der Waals surface area contributed by atoms with Crippen LogP contribution in [0.3, 0.4) is 0 Å². The van der Waals surface area contributed by atoms with Gasteiger partial charge in [0.25, 0.3) is 0 Å². The third-order valence-corrected chi connectivity index (χ3v) is 0.826. The van der Waals surface area contributed by atoms with Crippen LogP contribution in [0.15, 0.2) is 0 Å². The van der Waals surface area contributed by atoms with E-state index in [1.807, 2.05) is 6.26 Å². The maximum absolute atomic E-state index is 10.1. The van der Waals surface area contributed by atoms with Crippen LogP contribution in [-0.2, 0) is 4.79 Å². The molecule has 0 aromatic carbocycles. The molecule has 0 aliphatic rings. The molecule has 0 rings (SSSR count). The lowest BCUT2D eigenvalue weighted by Gasteiger charge is -1.81. The van der Waals surface area contributed by atoms with Gasteiger partial charge in [0.15, 0.2) is 1.41 Å². The van der Waals surface area contributed by atoms with Crippen molar-refractivity contribution in [2.24, 2.45) is 5.73 Å². The van der Waals surface area contributed by atoms with Crippen LogP contribution >= 0.6 is 11.8 Å². The van der Waals surface area contributed by atoms with Crippen LogP contribution in [0, 0.1) is 0 Å². The van der Waals surface area contributed by atoms with Crippen LogP contribution in [0.4, 0.5) is 0 Å². The fourth-order valence-electron chi connectivity index (χ4n) is 0.131. The Bertz CT molecular complexity index is 68.0. The van der Waals surface area contributed by atoms with Gasteiger partial charge in [-0.2, -0.15) is 11.8 Å². The Morgan fingerprint density at radius 2 is 3.00 bits per heavy atom. The minimum Gasteiger partial charge on any atom is -0.369 e. The predicted molar refractivity (Wildman–Crippen MR) is 27.6 cm³/mol. The van der Waals surface area contributed by atoms with Crippen LogP contribution in [0.2, 0.25) is 1.41 Å². The van der Waals surface area contributed by atoms with Gasteiger partial charge in [-0.25, -0.2) is 0 Å². The van der Waals surface area contributed by atoms with Gasteiger partial charge in [-0.1, -0.05) is 0 Å². The summed E-state index contributed by atoms with van der Waals surface area (Å²) in [6, 6.07) is 0. The van der Waals surface area contributed by atoms with Crippen molar-refractivity contribution in [3.8, 4) is 0 Å².